The Kier molecular flexibility index (Phi) is 4.22. The van der Waals surface area contributed by atoms with Gasteiger partial charge in [0.25, 0.3) is 0 Å². The highest BCUT2D eigenvalue weighted by Gasteiger charge is 2.14. The van der Waals surface area contributed by atoms with Crippen LogP contribution in [0.4, 0.5) is 0 Å². The van der Waals surface area contributed by atoms with Gasteiger partial charge in [-0.1, -0.05) is 18.2 Å². The molecular formula is C9H14N2O3S. The van der Waals surface area contributed by atoms with E-state index < -0.39 is 16.1 Å². The molecule has 15 heavy (non-hydrogen) atoms. The maximum atomic E-state index is 11.6. The first-order chi connectivity index (χ1) is 7.06. The first kappa shape index (κ1) is 12.1. The van der Waals surface area contributed by atoms with E-state index in [2.05, 4.69) is 4.72 Å². The third-order valence-corrected chi connectivity index (χ3v) is 3.27. The molecule has 0 unspecified atom stereocenters. The van der Waals surface area contributed by atoms with Gasteiger partial charge in [0.05, 0.1) is 11.0 Å². The number of aliphatic hydroxyl groups is 1. The summed E-state index contributed by atoms with van der Waals surface area (Å²) in [5, 5.41) is 9.12. The third kappa shape index (κ3) is 3.60. The van der Waals surface area contributed by atoms with Crippen molar-refractivity contribution in [2.24, 2.45) is 5.73 Å². The number of benzene rings is 1. The highest BCUT2D eigenvalue weighted by atomic mass is 32.2. The largest absolute Gasteiger partial charge is 0.390 e. The lowest BCUT2D eigenvalue weighted by Gasteiger charge is -2.09. The second-order valence-electron chi connectivity index (χ2n) is 3.05. The van der Waals surface area contributed by atoms with E-state index in [0.29, 0.717) is 0 Å². The molecule has 0 aliphatic heterocycles. The molecule has 0 fully saturated rings. The number of sulfonamides is 1. The maximum Gasteiger partial charge on any atom is 0.240 e. The summed E-state index contributed by atoms with van der Waals surface area (Å²) < 4.78 is 25.4. The molecule has 0 aliphatic rings. The molecule has 0 aliphatic carbocycles. The topological polar surface area (TPSA) is 92.4 Å². The molecule has 0 saturated heterocycles. The summed E-state index contributed by atoms with van der Waals surface area (Å²) in [7, 11) is -3.53. The van der Waals surface area contributed by atoms with Crippen molar-refractivity contribution in [3.63, 3.8) is 0 Å². The van der Waals surface area contributed by atoms with Crippen LogP contribution in [0.3, 0.4) is 0 Å². The quantitative estimate of drug-likeness (QED) is 0.622. The highest BCUT2D eigenvalue weighted by Crippen LogP contribution is 2.06. The van der Waals surface area contributed by atoms with Gasteiger partial charge in [-0.15, -0.1) is 0 Å². The molecule has 0 heterocycles. The Balaban J connectivity index is 2.69. The fourth-order valence-corrected chi connectivity index (χ4v) is 2.07. The molecule has 6 heteroatoms. The molecule has 0 bridgehead atoms. The summed E-state index contributed by atoms with van der Waals surface area (Å²) in [4.78, 5) is 0.175. The summed E-state index contributed by atoms with van der Waals surface area (Å²) in [6.07, 6.45) is -0.858. The molecule has 0 amide bonds. The Morgan fingerprint density at radius 3 is 2.47 bits per heavy atom. The molecule has 1 rings (SSSR count). The minimum atomic E-state index is -3.53. The molecule has 0 saturated carbocycles. The number of hydrogen-bond acceptors (Lipinski definition) is 4. The van der Waals surface area contributed by atoms with Gasteiger partial charge in [0, 0.05) is 13.1 Å². The number of aliphatic hydroxyl groups excluding tert-OH is 1. The Bertz CT molecular complexity index is 391. The monoisotopic (exact) mass is 230 g/mol. The molecule has 0 spiro atoms. The van der Waals surface area contributed by atoms with E-state index in [-0.39, 0.29) is 18.0 Å². The molecule has 5 nitrogen and oxygen atoms in total. The van der Waals surface area contributed by atoms with Crippen LogP contribution < -0.4 is 10.5 Å². The van der Waals surface area contributed by atoms with Crippen LogP contribution in [0.2, 0.25) is 0 Å². The highest BCUT2D eigenvalue weighted by molar-refractivity contribution is 7.89. The van der Waals surface area contributed by atoms with E-state index in [1.165, 1.54) is 12.1 Å². The summed E-state index contributed by atoms with van der Waals surface area (Å²) >= 11 is 0. The first-order valence-corrected chi connectivity index (χ1v) is 5.97. The van der Waals surface area contributed by atoms with Crippen molar-refractivity contribution in [2.45, 2.75) is 11.0 Å². The molecule has 0 radical (unpaired) electrons. The first-order valence-electron chi connectivity index (χ1n) is 4.49. The van der Waals surface area contributed by atoms with Gasteiger partial charge in [-0.2, -0.15) is 0 Å². The van der Waals surface area contributed by atoms with Crippen LogP contribution in [0.5, 0.6) is 0 Å². The Morgan fingerprint density at radius 1 is 1.33 bits per heavy atom. The van der Waals surface area contributed by atoms with Gasteiger partial charge in [-0.3, -0.25) is 0 Å². The van der Waals surface area contributed by atoms with Crippen molar-refractivity contribution in [1.82, 2.24) is 4.72 Å². The van der Waals surface area contributed by atoms with Crippen molar-refractivity contribution < 1.29 is 13.5 Å². The van der Waals surface area contributed by atoms with Crippen LogP contribution in [0.1, 0.15) is 0 Å². The predicted octanol–water partition coefficient (Wildman–Crippen LogP) is -0.715. The minimum Gasteiger partial charge on any atom is -0.390 e. The predicted molar refractivity (Wildman–Crippen MR) is 56.7 cm³/mol. The number of nitrogens with one attached hydrogen (secondary N) is 1. The van der Waals surface area contributed by atoms with E-state index >= 15 is 0 Å². The van der Waals surface area contributed by atoms with Crippen LogP contribution >= 0.6 is 0 Å². The van der Waals surface area contributed by atoms with Gasteiger partial charge in [-0.25, -0.2) is 13.1 Å². The summed E-state index contributed by atoms with van der Waals surface area (Å²) in [5.74, 6) is 0. The molecule has 0 aromatic heterocycles. The fraction of sp³-hybridized carbons (Fsp3) is 0.333. The second kappa shape index (κ2) is 5.22. The van der Waals surface area contributed by atoms with Gasteiger partial charge in [0.2, 0.25) is 10.0 Å². The van der Waals surface area contributed by atoms with Gasteiger partial charge >= 0.3 is 0 Å². The number of nitrogens with two attached hydrogens (primary N) is 1. The lowest BCUT2D eigenvalue weighted by molar-refractivity contribution is 0.186. The van der Waals surface area contributed by atoms with Crippen LogP contribution in [0.25, 0.3) is 0 Å². The van der Waals surface area contributed by atoms with E-state index in [4.69, 9.17) is 10.8 Å². The van der Waals surface area contributed by atoms with Crippen molar-refractivity contribution in [3.8, 4) is 0 Å². The normalized spacial score (nSPS) is 13.7. The lowest BCUT2D eigenvalue weighted by Crippen LogP contribution is -2.36. The van der Waals surface area contributed by atoms with E-state index in [1.807, 2.05) is 0 Å². The van der Waals surface area contributed by atoms with Crippen molar-refractivity contribution in [3.05, 3.63) is 30.3 Å². The second-order valence-corrected chi connectivity index (χ2v) is 4.82. The molecule has 1 aromatic rings. The minimum absolute atomic E-state index is 0.0251. The third-order valence-electron chi connectivity index (χ3n) is 1.83. The SMILES string of the molecule is NC[C@H](O)CNS(=O)(=O)c1ccccc1. The average molecular weight is 230 g/mol. The van der Waals surface area contributed by atoms with Crippen molar-refractivity contribution in [1.29, 1.82) is 0 Å². The van der Waals surface area contributed by atoms with Gasteiger partial charge in [0.15, 0.2) is 0 Å². The molecule has 1 aromatic carbocycles. The van der Waals surface area contributed by atoms with Crippen LogP contribution in [0.15, 0.2) is 35.2 Å². The summed E-state index contributed by atoms with van der Waals surface area (Å²) in [5.41, 5.74) is 5.16. The Hall–Kier alpha value is -0.950. The zero-order valence-corrected chi connectivity index (χ0v) is 8.94. The number of rotatable bonds is 5. The Morgan fingerprint density at radius 2 is 1.93 bits per heavy atom. The average Bonchev–Trinajstić information content (AvgIpc) is 2.27. The van der Waals surface area contributed by atoms with E-state index in [1.54, 1.807) is 18.2 Å². The zero-order valence-electron chi connectivity index (χ0n) is 8.13. The molecular weight excluding hydrogens is 216 g/mol. The lowest BCUT2D eigenvalue weighted by atomic mass is 10.4. The van der Waals surface area contributed by atoms with Crippen molar-refractivity contribution >= 4 is 10.0 Å². The maximum absolute atomic E-state index is 11.6. The van der Waals surface area contributed by atoms with Gasteiger partial charge in [0.1, 0.15) is 0 Å². The van der Waals surface area contributed by atoms with Crippen LogP contribution in [-0.2, 0) is 10.0 Å². The standard InChI is InChI=1S/C9H14N2O3S/c10-6-8(12)7-11-15(13,14)9-4-2-1-3-5-9/h1-5,8,11-12H,6-7,10H2/t8-/m0/s1. The van der Waals surface area contributed by atoms with Crippen LogP contribution in [-0.4, -0.2) is 32.7 Å². The summed E-state index contributed by atoms with van der Waals surface area (Å²) in [6, 6.07) is 7.96. The number of hydrogen-bond donors (Lipinski definition) is 3. The fourth-order valence-electron chi connectivity index (χ4n) is 0.972. The van der Waals surface area contributed by atoms with Crippen LogP contribution in [0, 0.1) is 0 Å². The van der Waals surface area contributed by atoms with Crippen molar-refractivity contribution in [2.75, 3.05) is 13.1 Å². The summed E-state index contributed by atoms with van der Waals surface area (Å²) in [6.45, 7) is -0.0506. The molecule has 84 valence electrons. The zero-order chi connectivity index (χ0) is 11.3. The van der Waals surface area contributed by atoms with Gasteiger partial charge < -0.3 is 10.8 Å². The molecule has 4 N–H and O–H groups in total. The molecule has 1 atom stereocenters. The van der Waals surface area contributed by atoms with Gasteiger partial charge in [-0.05, 0) is 12.1 Å². The van der Waals surface area contributed by atoms with E-state index in [9.17, 15) is 8.42 Å². The smallest absolute Gasteiger partial charge is 0.240 e. The van der Waals surface area contributed by atoms with E-state index in [0.717, 1.165) is 0 Å². The Labute approximate surface area is 89.0 Å².